The fourth-order valence-electron chi connectivity index (χ4n) is 0.958. The fraction of sp³-hybridized carbons (Fsp3) is 1.00. The molecule has 0 amide bonds. The second-order valence-corrected chi connectivity index (χ2v) is 3.00. The minimum absolute atomic E-state index is 0.0765. The lowest BCUT2D eigenvalue weighted by atomic mass is 10.2. The lowest BCUT2D eigenvalue weighted by molar-refractivity contribution is -0.468. The van der Waals surface area contributed by atoms with E-state index < -0.39 is 38.0 Å². The molecule has 0 aliphatic carbocycles. The molecule has 0 heterocycles. The normalized spacial score (nSPS) is 14.1. The summed E-state index contributed by atoms with van der Waals surface area (Å²) in [5.74, 6) is -4.76. The molecule has 0 bridgehead atoms. The molecule has 0 saturated carbocycles. The van der Waals surface area contributed by atoms with Gasteiger partial charge in [-0.25, -0.2) is 4.39 Å². The van der Waals surface area contributed by atoms with Crippen LogP contribution in [0.5, 0.6) is 0 Å². The van der Waals surface area contributed by atoms with Crippen LogP contribution < -0.4 is 0 Å². The first-order valence-electron chi connectivity index (χ1n) is 4.59. The Morgan fingerprint density at radius 1 is 0.824 bits per heavy atom. The van der Waals surface area contributed by atoms with Crippen LogP contribution in [-0.4, -0.2) is 38.0 Å². The lowest BCUT2D eigenvalue weighted by Gasteiger charge is -2.36. The van der Waals surface area contributed by atoms with Gasteiger partial charge in [-0.15, -0.1) is 0 Å². The molecule has 0 saturated heterocycles. The van der Waals surface area contributed by atoms with Gasteiger partial charge < -0.3 is 9.47 Å². The third-order valence-corrected chi connectivity index (χ3v) is 1.64. The highest BCUT2D eigenvalue weighted by Gasteiger charge is 2.74. The molecule has 0 aromatic heterocycles. The van der Waals surface area contributed by atoms with E-state index in [9.17, 15) is 30.7 Å². The molecule has 104 valence electrons. The Labute approximate surface area is 92.7 Å². The summed E-state index contributed by atoms with van der Waals surface area (Å²) >= 11 is 0. The zero-order valence-electron chi connectivity index (χ0n) is 8.79. The quantitative estimate of drug-likeness (QED) is 0.546. The van der Waals surface area contributed by atoms with E-state index in [0.29, 0.717) is 0 Å². The SMILES string of the molecule is CCCOC(OCCF)(C(F)(F)F)C(F)(F)F. The molecular weight excluding hydrogens is 261 g/mol. The Morgan fingerprint density at radius 3 is 1.53 bits per heavy atom. The van der Waals surface area contributed by atoms with Crippen molar-refractivity contribution in [3.05, 3.63) is 0 Å². The van der Waals surface area contributed by atoms with E-state index in [1.165, 1.54) is 6.92 Å². The molecule has 0 aliphatic rings. The van der Waals surface area contributed by atoms with Crippen molar-refractivity contribution in [2.24, 2.45) is 0 Å². The lowest BCUT2D eigenvalue weighted by Crippen LogP contribution is -2.61. The van der Waals surface area contributed by atoms with Gasteiger partial charge in [0.05, 0.1) is 13.2 Å². The molecule has 0 spiro atoms. The number of hydrogen-bond donors (Lipinski definition) is 0. The van der Waals surface area contributed by atoms with Gasteiger partial charge in [-0.1, -0.05) is 6.92 Å². The monoisotopic (exact) mass is 272 g/mol. The summed E-state index contributed by atoms with van der Waals surface area (Å²) in [6.07, 6.45) is -11.8. The van der Waals surface area contributed by atoms with E-state index in [4.69, 9.17) is 0 Å². The number of halogens is 7. The van der Waals surface area contributed by atoms with Crippen LogP contribution in [0.4, 0.5) is 30.7 Å². The van der Waals surface area contributed by atoms with Crippen LogP contribution >= 0.6 is 0 Å². The Kier molecular flexibility index (Phi) is 5.66. The van der Waals surface area contributed by atoms with E-state index in [-0.39, 0.29) is 6.42 Å². The Morgan fingerprint density at radius 2 is 1.24 bits per heavy atom. The average Bonchev–Trinajstić information content (AvgIpc) is 2.14. The smallest absolute Gasteiger partial charge is 0.336 e. The van der Waals surface area contributed by atoms with Gasteiger partial charge in [0, 0.05) is 0 Å². The minimum Gasteiger partial charge on any atom is -0.336 e. The zero-order chi connectivity index (χ0) is 13.7. The highest BCUT2D eigenvalue weighted by molar-refractivity contribution is 4.87. The molecule has 0 N–H and O–H groups in total. The van der Waals surface area contributed by atoms with Crippen molar-refractivity contribution in [1.82, 2.24) is 0 Å². The molecule has 0 aromatic carbocycles. The van der Waals surface area contributed by atoms with Gasteiger partial charge in [0.2, 0.25) is 0 Å². The summed E-state index contributed by atoms with van der Waals surface area (Å²) in [5.41, 5.74) is 0. The van der Waals surface area contributed by atoms with Gasteiger partial charge in [-0.3, -0.25) is 0 Å². The van der Waals surface area contributed by atoms with Gasteiger partial charge in [0.1, 0.15) is 6.67 Å². The van der Waals surface area contributed by atoms with Gasteiger partial charge >= 0.3 is 18.1 Å². The van der Waals surface area contributed by atoms with Crippen LogP contribution in [0.1, 0.15) is 13.3 Å². The van der Waals surface area contributed by atoms with E-state index in [2.05, 4.69) is 9.47 Å². The van der Waals surface area contributed by atoms with Crippen LogP contribution in [-0.2, 0) is 9.47 Å². The van der Waals surface area contributed by atoms with E-state index in [1.54, 1.807) is 0 Å². The highest BCUT2D eigenvalue weighted by Crippen LogP contribution is 2.46. The average molecular weight is 272 g/mol. The van der Waals surface area contributed by atoms with Crippen molar-refractivity contribution in [1.29, 1.82) is 0 Å². The molecule has 0 aromatic rings. The molecule has 0 fully saturated rings. The zero-order valence-corrected chi connectivity index (χ0v) is 8.79. The Hall–Kier alpha value is -0.570. The second kappa shape index (κ2) is 5.85. The van der Waals surface area contributed by atoms with Gasteiger partial charge in [-0.05, 0) is 6.42 Å². The van der Waals surface area contributed by atoms with Crippen LogP contribution in [0, 0.1) is 0 Å². The first-order chi connectivity index (χ1) is 7.62. The van der Waals surface area contributed by atoms with E-state index >= 15 is 0 Å². The number of hydrogen-bond acceptors (Lipinski definition) is 2. The standard InChI is InChI=1S/C8H11F7O2/c1-2-4-16-6(7(10,11)12,8(13,14)15)17-5-3-9/h2-5H2,1H3. The molecule has 0 radical (unpaired) electrons. The molecule has 17 heavy (non-hydrogen) atoms. The Balaban J connectivity index is 5.22. The van der Waals surface area contributed by atoms with Gasteiger partial charge in [-0.2, -0.15) is 26.3 Å². The first-order valence-corrected chi connectivity index (χ1v) is 4.59. The maximum atomic E-state index is 12.4. The van der Waals surface area contributed by atoms with Crippen LogP contribution in [0.2, 0.25) is 0 Å². The molecule has 0 atom stereocenters. The van der Waals surface area contributed by atoms with Crippen LogP contribution in [0.15, 0.2) is 0 Å². The van der Waals surface area contributed by atoms with Crippen LogP contribution in [0.3, 0.4) is 0 Å². The molecule has 2 nitrogen and oxygen atoms in total. The minimum atomic E-state index is -5.84. The number of alkyl halides is 7. The molecule has 0 unspecified atom stereocenters. The van der Waals surface area contributed by atoms with E-state index in [1.807, 2.05) is 0 Å². The molecule has 9 heteroatoms. The summed E-state index contributed by atoms with van der Waals surface area (Å²) in [4.78, 5) is 0. The third kappa shape index (κ3) is 3.70. The van der Waals surface area contributed by atoms with Gasteiger partial charge in [0.25, 0.3) is 0 Å². The fourth-order valence-corrected chi connectivity index (χ4v) is 0.958. The van der Waals surface area contributed by atoms with Crippen LogP contribution in [0.25, 0.3) is 0 Å². The predicted octanol–water partition coefficient (Wildman–Crippen LogP) is 3.22. The summed E-state index contributed by atoms with van der Waals surface area (Å²) in [6.45, 7) is -2.33. The van der Waals surface area contributed by atoms with Crippen molar-refractivity contribution in [3.8, 4) is 0 Å². The third-order valence-electron chi connectivity index (χ3n) is 1.64. The van der Waals surface area contributed by atoms with Crippen molar-refractivity contribution in [3.63, 3.8) is 0 Å². The predicted molar refractivity (Wildman–Crippen MR) is 43.0 cm³/mol. The molecule has 0 aliphatic heterocycles. The number of rotatable bonds is 6. The molecular formula is C8H11F7O2. The summed E-state index contributed by atoms with van der Waals surface area (Å²) in [6, 6.07) is 0. The number of ether oxygens (including phenoxy) is 2. The topological polar surface area (TPSA) is 18.5 Å². The van der Waals surface area contributed by atoms with E-state index in [0.717, 1.165) is 0 Å². The maximum absolute atomic E-state index is 12.4. The highest BCUT2D eigenvalue weighted by atomic mass is 19.4. The summed E-state index contributed by atoms with van der Waals surface area (Å²) < 4.78 is 93.6. The van der Waals surface area contributed by atoms with Crippen molar-refractivity contribution < 1.29 is 40.2 Å². The second-order valence-electron chi connectivity index (χ2n) is 3.00. The molecule has 0 rings (SSSR count). The summed E-state index contributed by atoms with van der Waals surface area (Å²) in [5, 5.41) is 0. The maximum Gasteiger partial charge on any atom is 0.453 e. The van der Waals surface area contributed by atoms with Crippen molar-refractivity contribution in [2.75, 3.05) is 19.9 Å². The largest absolute Gasteiger partial charge is 0.453 e. The van der Waals surface area contributed by atoms with Gasteiger partial charge in [0.15, 0.2) is 0 Å². The first kappa shape index (κ1) is 16.4. The summed E-state index contributed by atoms with van der Waals surface area (Å²) in [7, 11) is 0. The Bertz CT molecular complexity index is 199. The van der Waals surface area contributed by atoms with Crippen molar-refractivity contribution >= 4 is 0 Å². The van der Waals surface area contributed by atoms with Crippen molar-refractivity contribution in [2.45, 2.75) is 31.5 Å².